The third-order valence-electron chi connectivity index (χ3n) is 3.67. The fourth-order valence-corrected chi connectivity index (χ4v) is 2.38. The van der Waals surface area contributed by atoms with Gasteiger partial charge in [0.15, 0.2) is 12.4 Å². The van der Waals surface area contributed by atoms with Gasteiger partial charge in [-0.25, -0.2) is 4.79 Å². The van der Waals surface area contributed by atoms with Gasteiger partial charge in [-0.15, -0.1) is 0 Å². The highest BCUT2D eigenvalue weighted by Gasteiger charge is 2.19. The number of carbonyl (C=O) groups excluding carboxylic acids is 3. The first kappa shape index (κ1) is 19.5. The van der Waals surface area contributed by atoms with Gasteiger partial charge in [-0.3, -0.25) is 9.59 Å². The molecule has 26 heavy (non-hydrogen) atoms. The van der Waals surface area contributed by atoms with Crippen molar-refractivity contribution in [2.24, 2.45) is 0 Å². The lowest BCUT2D eigenvalue weighted by molar-refractivity contribution is -0.128. The minimum Gasteiger partial charge on any atom is -0.452 e. The van der Waals surface area contributed by atoms with Gasteiger partial charge in [0.25, 0.3) is 5.91 Å². The summed E-state index contributed by atoms with van der Waals surface area (Å²) in [5, 5.41) is 2.90. The van der Waals surface area contributed by atoms with E-state index in [0.717, 1.165) is 5.56 Å². The molecule has 2 aromatic carbocycles. The first-order chi connectivity index (χ1) is 12.4. The molecular weight excluding hydrogens is 356 g/mol. The van der Waals surface area contributed by atoms with Crippen LogP contribution in [0.15, 0.2) is 48.5 Å². The maximum Gasteiger partial charge on any atom is 0.338 e. The SMILES string of the molecule is CC(=O)[C@H](Cc1ccccc1)NC(=O)COC(=O)c1ccc(Cl)c(N)c1. The van der Waals surface area contributed by atoms with Crippen molar-refractivity contribution >= 4 is 34.9 Å². The molecule has 1 atom stereocenters. The number of carbonyl (C=O) groups is 3. The number of Topliss-reactive ketones (excluding diaryl/α,β-unsaturated/α-hetero) is 1. The van der Waals surface area contributed by atoms with Gasteiger partial charge >= 0.3 is 5.97 Å². The molecule has 0 aliphatic rings. The van der Waals surface area contributed by atoms with Crippen LogP contribution in [0.4, 0.5) is 5.69 Å². The number of nitrogens with two attached hydrogens (primary N) is 1. The van der Waals surface area contributed by atoms with Gasteiger partial charge in [0.2, 0.25) is 0 Å². The largest absolute Gasteiger partial charge is 0.452 e. The highest BCUT2D eigenvalue weighted by molar-refractivity contribution is 6.33. The van der Waals surface area contributed by atoms with Crippen molar-refractivity contribution in [1.82, 2.24) is 5.32 Å². The van der Waals surface area contributed by atoms with Crippen molar-refractivity contribution in [3.8, 4) is 0 Å². The summed E-state index contributed by atoms with van der Waals surface area (Å²) in [7, 11) is 0. The van der Waals surface area contributed by atoms with E-state index < -0.39 is 24.5 Å². The summed E-state index contributed by atoms with van der Waals surface area (Å²) in [6.07, 6.45) is 0.365. The fraction of sp³-hybridized carbons (Fsp3) is 0.211. The summed E-state index contributed by atoms with van der Waals surface area (Å²) >= 11 is 5.79. The number of hydrogen-bond acceptors (Lipinski definition) is 5. The van der Waals surface area contributed by atoms with Gasteiger partial charge in [0.05, 0.1) is 22.3 Å². The summed E-state index contributed by atoms with van der Waals surface area (Å²) in [5.74, 6) is -1.44. The molecule has 0 aromatic heterocycles. The highest BCUT2D eigenvalue weighted by atomic mass is 35.5. The van der Waals surface area contributed by atoms with E-state index >= 15 is 0 Å². The minimum atomic E-state index is -0.703. The van der Waals surface area contributed by atoms with Crippen molar-refractivity contribution < 1.29 is 19.1 Å². The summed E-state index contributed by atoms with van der Waals surface area (Å²) in [4.78, 5) is 35.7. The van der Waals surface area contributed by atoms with Gasteiger partial charge in [0, 0.05) is 0 Å². The zero-order chi connectivity index (χ0) is 19.1. The third kappa shape index (κ3) is 5.60. The Balaban J connectivity index is 1.90. The molecule has 0 heterocycles. The normalized spacial score (nSPS) is 11.5. The maximum absolute atomic E-state index is 12.0. The van der Waals surface area contributed by atoms with E-state index in [9.17, 15) is 14.4 Å². The van der Waals surface area contributed by atoms with Crippen LogP contribution in [-0.2, 0) is 20.7 Å². The Labute approximate surface area is 156 Å². The van der Waals surface area contributed by atoms with E-state index in [0.29, 0.717) is 11.4 Å². The van der Waals surface area contributed by atoms with E-state index in [1.807, 2.05) is 30.3 Å². The van der Waals surface area contributed by atoms with Crippen LogP contribution in [0.2, 0.25) is 5.02 Å². The van der Waals surface area contributed by atoms with Crippen LogP contribution in [0.3, 0.4) is 0 Å². The smallest absolute Gasteiger partial charge is 0.338 e. The van der Waals surface area contributed by atoms with Crippen molar-refractivity contribution in [1.29, 1.82) is 0 Å². The maximum atomic E-state index is 12.0. The van der Waals surface area contributed by atoms with E-state index in [1.165, 1.54) is 25.1 Å². The predicted octanol–water partition coefficient (Wildman–Crippen LogP) is 2.40. The van der Waals surface area contributed by atoms with Crippen molar-refractivity contribution in [3.63, 3.8) is 0 Å². The zero-order valence-corrected chi connectivity index (χ0v) is 15.0. The molecule has 6 nitrogen and oxygen atoms in total. The summed E-state index contributed by atoms with van der Waals surface area (Å²) in [6, 6.07) is 12.9. The average molecular weight is 375 g/mol. The number of ether oxygens (including phenoxy) is 1. The molecule has 3 N–H and O–H groups in total. The molecule has 0 bridgehead atoms. The summed E-state index contributed by atoms with van der Waals surface area (Å²) < 4.78 is 4.95. The van der Waals surface area contributed by atoms with E-state index in [4.69, 9.17) is 22.1 Å². The standard InChI is InChI=1S/C19H19ClN2O4/c1-12(23)17(9-13-5-3-2-4-6-13)22-18(24)11-26-19(25)14-7-8-15(20)16(21)10-14/h2-8,10,17H,9,11,21H2,1H3,(H,22,24)/t17-/m0/s1. The first-order valence-corrected chi connectivity index (χ1v) is 8.30. The summed E-state index contributed by atoms with van der Waals surface area (Å²) in [6.45, 7) is 0.899. The molecule has 7 heteroatoms. The van der Waals surface area contributed by atoms with E-state index in [1.54, 1.807) is 0 Å². The Morgan fingerprint density at radius 3 is 2.46 bits per heavy atom. The Morgan fingerprint density at radius 2 is 1.85 bits per heavy atom. The molecule has 2 rings (SSSR count). The number of hydrogen-bond donors (Lipinski definition) is 2. The van der Waals surface area contributed by atoms with Crippen LogP contribution in [-0.4, -0.2) is 30.3 Å². The van der Waals surface area contributed by atoms with Crippen LogP contribution < -0.4 is 11.1 Å². The average Bonchev–Trinajstić information content (AvgIpc) is 2.62. The Kier molecular flexibility index (Phi) is 6.74. The lowest BCUT2D eigenvalue weighted by atomic mass is 10.0. The second-order valence-corrected chi connectivity index (χ2v) is 6.14. The van der Waals surface area contributed by atoms with Crippen molar-refractivity contribution in [3.05, 3.63) is 64.7 Å². The second-order valence-electron chi connectivity index (χ2n) is 5.73. The predicted molar refractivity (Wildman–Crippen MR) is 98.9 cm³/mol. The zero-order valence-electron chi connectivity index (χ0n) is 14.2. The molecule has 0 aliphatic carbocycles. The van der Waals surface area contributed by atoms with Gasteiger partial charge in [-0.05, 0) is 37.1 Å². The lowest BCUT2D eigenvalue weighted by Crippen LogP contribution is -2.43. The van der Waals surface area contributed by atoms with Gasteiger partial charge in [-0.2, -0.15) is 0 Å². The fourth-order valence-electron chi connectivity index (χ4n) is 2.27. The molecule has 0 fully saturated rings. The van der Waals surface area contributed by atoms with Gasteiger partial charge < -0.3 is 15.8 Å². The van der Waals surface area contributed by atoms with Crippen LogP contribution in [0.5, 0.6) is 0 Å². The monoisotopic (exact) mass is 374 g/mol. The Hall–Kier alpha value is -2.86. The second kappa shape index (κ2) is 9.01. The number of ketones is 1. The number of esters is 1. The molecule has 1 amide bonds. The number of benzene rings is 2. The number of amides is 1. The molecule has 0 aliphatic heterocycles. The van der Waals surface area contributed by atoms with Crippen LogP contribution in [0.25, 0.3) is 0 Å². The molecule has 0 saturated carbocycles. The first-order valence-electron chi connectivity index (χ1n) is 7.92. The third-order valence-corrected chi connectivity index (χ3v) is 4.02. The molecule has 0 saturated heterocycles. The van der Waals surface area contributed by atoms with Crippen LogP contribution in [0, 0.1) is 0 Å². The van der Waals surface area contributed by atoms with E-state index in [-0.39, 0.29) is 17.0 Å². The quantitative estimate of drug-likeness (QED) is 0.572. The van der Waals surface area contributed by atoms with Crippen molar-refractivity contribution in [2.75, 3.05) is 12.3 Å². The summed E-state index contributed by atoms with van der Waals surface area (Å²) in [5.41, 5.74) is 6.98. The molecule has 0 spiro atoms. The van der Waals surface area contributed by atoms with Crippen molar-refractivity contribution in [2.45, 2.75) is 19.4 Å². The van der Waals surface area contributed by atoms with Gasteiger partial charge in [0.1, 0.15) is 0 Å². The highest BCUT2D eigenvalue weighted by Crippen LogP contribution is 2.19. The van der Waals surface area contributed by atoms with Crippen LogP contribution >= 0.6 is 11.6 Å². The Morgan fingerprint density at radius 1 is 1.15 bits per heavy atom. The lowest BCUT2D eigenvalue weighted by Gasteiger charge is -2.16. The number of rotatable bonds is 7. The molecule has 136 valence electrons. The number of halogens is 1. The van der Waals surface area contributed by atoms with E-state index in [2.05, 4.69) is 5.32 Å². The Bertz CT molecular complexity index is 808. The number of nitrogen functional groups attached to an aromatic ring is 1. The molecule has 0 unspecified atom stereocenters. The molecule has 0 radical (unpaired) electrons. The minimum absolute atomic E-state index is 0.181. The van der Waals surface area contributed by atoms with Crippen LogP contribution in [0.1, 0.15) is 22.8 Å². The topological polar surface area (TPSA) is 98.5 Å². The molecule has 2 aromatic rings. The molecular formula is C19H19ClN2O4. The van der Waals surface area contributed by atoms with Gasteiger partial charge in [-0.1, -0.05) is 41.9 Å². The number of nitrogens with one attached hydrogen (secondary N) is 1. The number of anilines is 1.